The molecule has 0 spiro atoms. The lowest BCUT2D eigenvalue weighted by atomic mass is 10.0. The minimum atomic E-state index is 0.374. The van der Waals surface area contributed by atoms with E-state index < -0.39 is 0 Å². The summed E-state index contributed by atoms with van der Waals surface area (Å²) >= 11 is 0. The number of carbonyl (C=O) groups is 1. The van der Waals surface area contributed by atoms with E-state index in [0.29, 0.717) is 23.7 Å². The lowest BCUT2D eigenvalue weighted by Crippen LogP contribution is -2.34. The molecule has 4 heteroatoms. The summed E-state index contributed by atoms with van der Waals surface area (Å²) in [6, 6.07) is 6.11. The molecule has 1 aromatic heterocycles. The van der Waals surface area contributed by atoms with Crippen LogP contribution in [0.5, 0.6) is 0 Å². The maximum atomic E-state index is 12.1. The fraction of sp³-hybridized carbons (Fsp3) is 0.625. The number of likely N-dealkylation sites (tertiary alicyclic amines) is 2. The molecule has 0 unspecified atom stereocenters. The second kappa shape index (κ2) is 4.85. The first-order chi connectivity index (χ1) is 9.79. The Balaban J connectivity index is 1.33. The fourth-order valence-electron chi connectivity index (χ4n) is 3.71. The van der Waals surface area contributed by atoms with Gasteiger partial charge in [-0.25, -0.2) is 0 Å². The van der Waals surface area contributed by atoms with Gasteiger partial charge in [0, 0.05) is 44.8 Å². The van der Waals surface area contributed by atoms with Crippen LogP contribution in [0.25, 0.3) is 0 Å². The molecule has 0 N–H and O–H groups in total. The molecule has 3 fully saturated rings. The molecule has 4 nitrogen and oxygen atoms in total. The maximum absolute atomic E-state index is 12.1. The zero-order valence-electron chi connectivity index (χ0n) is 11.7. The Morgan fingerprint density at radius 3 is 2.50 bits per heavy atom. The molecule has 3 heterocycles. The van der Waals surface area contributed by atoms with Gasteiger partial charge < -0.3 is 4.90 Å². The highest BCUT2D eigenvalue weighted by Crippen LogP contribution is 2.36. The molecule has 1 aliphatic carbocycles. The van der Waals surface area contributed by atoms with Gasteiger partial charge in [-0.3, -0.25) is 14.7 Å². The van der Waals surface area contributed by atoms with Crippen LogP contribution in [0.1, 0.15) is 18.5 Å². The summed E-state index contributed by atoms with van der Waals surface area (Å²) in [4.78, 5) is 21.1. The predicted molar refractivity (Wildman–Crippen MR) is 75.8 cm³/mol. The molecular formula is C16H21N3O. The van der Waals surface area contributed by atoms with E-state index in [1.807, 2.05) is 12.3 Å². The molecular weight excluding hydrogens is 250 g/mol. The fourth-order valence-corrected chi connectivity index (χ4v) is 3.71. The molecule has 0 radical (unpaired) electrons. The summed E-state index contributed by atoms with van der Waals surface area (Å²) in [5, 5.41) is 0. The summed E-state index contributed by atoms with van der Waals surface area (Å²) in [6.45, 7) is 5.16. The smallest absolute Gasteiger partial charge is 0.225 e. The molecule has 1 aromatic rings. The van der Waals surface area contributed by atoms with Gasteiger partial charge >= 0.3 is 0 Å². The minimum absolute atomic E-state index is 0.374. The summed E-state index contributed by atoms with van der Waals surface area (Å²) in [5.41, 5.74) is 1.15. The number of carbonyl (C=O) groups excluding carboxylic acids is 1. The monoisotopic (exact) mass is 271 g/mol. The number of rotatable bonds is 3. The predicted octanol–water partition coefficient (Wildman–Crippen LogP) is 1.38. The molecule has 1 amide bonds. The summed E-state index contributed by atoms with van der Waals surface area (Å²) in [7, 11) is 0. The van der Waals surface area contributed by atoms with Crippen LogP contribution in [0.15, 0.2) is 24.4 Å². The first-order valence-electron chi connectivity index (χ1n) is 7.70. The zero-order valence-corrected chi connectivity index (χ0v) is 11.7. The number of hydrogen-bond donors (Lipinski definition) is 0. The molecule has 2 atom stereocenters. The summed E-state index contributed by atoms with van der Waals surface area (Å²) < 4.78 is 0. The minimum Gasteiger partial charge on any atom is -0.342 e. The Bertz CT molecular complexity index is 486. The van der Waals surface area contributed by atoms with E-state index in [1.54, 1.807) is 0 Å². The van der Waals surface area contributed by atoms with E-state index in [1.165, 1.54) is 0 Å². The molecule has 2 aliphatic heterocycles. The quantitative estimate of drug-likeness (QED) is 0.833. The van der Waals surface area contributed by atoms with Gasteiger partial charge in [0.15, 0.2) is 0 Å². The van der Waals surface area contributed by atoms with Crippen molar-refractivity contribution in [2.75, 3.05) is 26.2 Å². The highest BCUT2D eigenvalue weighted by molar-refractivity contribution is 5.81. The van der Waals surface area contributed by atoms with Crippen molar-refractivity contribution >= 4 is 5.91 Å². The van der Waals surface area contributed by atoms with Crippen molar-refractivity contribution in [1.29, 1.82) is 0 Å². The van der Waals surface area contributed by atoms with Crippen LogP contribution in [0, 0.1) is 17.8 Å². The van der Waals surface area contributed by atoms with Gasteiger partial charge in [0.05, 0.1) is 5.69 Å². The molecule has 0 aromatic carbocycles. The van der Waals surface area contributed by atoms with Crippen LogP contribution in [0.2, 0.25) is 0 Å². The van der Waals surface area contributed by atoms with E-state index >= 15 is 0 Å². The van der Waals surface area contributed by atoms with Gasteiger partial charge in [0.2, 0.25) is 5.91 Å². The number of nitrogens with zero attached hydrogens (tertiary/aromatic N) is 3. The van der Waals surface area contributed by atoms with Crippen molar-refractivity contribution in [2.45, 2.75) is 19.4 Å². The zero-order chi connectivity index (χ0) is 13.5. The average molecular weight is 271 g/mol. The van der Waals surface area contributed by atoms with Gasteiger partial charge in [-0.15, -0.1) is 0 Å². The second-order valence-corrected chi connectivity index (χ2v) is 6.55. The highest BCUT2D eigenvalue weighted by Gasteiger charge is 2.44. The van der Waals surface area contributed by atoms with Crippen molar-refractivity contribution in [3.05, 3.63) is 30.1 Å². The number of fused-ring (bicyclic) bond motifs is 1. The molecule has 3 aliphatic rings. The van der Waals surface area contributed by atoms with Crippen LogP contribution < -0.4 is 0 Å². The standard InChI is InChI=1S/C16H21N3O/c20-16(12-4-5-12)19-9-13-7-18(8-14(13)10-19)11-15-3-1-2-6-17-15/h1-3,6,12-14H,4-5,7-11H2/t13-,14+. The summed E-state index contributed by atoms with van der Waals surface area (Å²) in [5.74, 6) is 2.16. The van der Waals surface area contributed by atoms with E-state index in [0.717, 1.165) is 51.3 Å². The Morgan fingerprint density at radius 1 is 1.15 bits per heavy atom. The number of hydrogen-bond acceptors (Lipinski definition) is 3. The molecule has 2 saturated heterocycles. The van der Waals surface area contributed by atoms with Crippen LogP contribution >= 0.6 is 0 Å². The van der Waals surface area contributed by atoms with E-state index in [-0.39, 0.29) is 0 Å². The van der Waals surface area contributed by atoms with E-state index in [9.17, 15) is 4.79 Å². The largest absolute Gasteiger partial charge is 0.342 e. The topological polar surface area (TPSA) is 36.4 Å². The summed E-state index contributed by atoms with van der Waals surface area (Å²) in [6.07, 6.45) is 4.11. The van der Waals surface area contributed by atoms with Crippen molar-refractivity contribution in [3.8, 4) is 0 Å². The van der Waals surface area contributed by atoms with E-state index in [4.69, 9.17) is 0 Å². The third-order valence-corrected chi connectivity index (χ3v) is 4.91. The lowest BCUT2D eigenvalue weighted by Gasteiger charge is -2.21. The normalized spacial score (nSPS) is 29.7. The Labute approximate surface area is 119 Å². The number of pyridine rings is 1. The van der Waals surface area contributed by atoms with Gasteiger partial charge in [-0.2, -0.15) is 0 Å². The third kappa shape index (κ3) is 2.33. The Hall–Kier alpha value is -1.42. The van der Waals surface area contributed by atoms with Gasteiger partial charge in [-0.1, -0.05) is 6.07 Å². The van der Waals surface area contributed by atoms with Crippen molar-refractivity contribution < 1.29 is 4.79 Å². The van der Waals surface area contributed by atoms with Gasteiger partial charge in [-0.05, 0) is 36.8 Å². The van der Waals surface area contributed by atoms with Crippen molar-refractivity contribution in [3.63, 3.8) is 0 Å². The van der Waals surface area contributed by atoms with Crippen LogP contribution in [0.4, 0.5) is 0 Å². The van der Waals surface area contributed by atoms with Gasteiger partial charge in [0.25, 0.3) is 0 Å². The van der Waals surface area contributed by atoms with Gasteiger partial charge in [0.1, 0.15) is 0 Å². The SMILES string of the molecule is O=C(C1CC1)N1C[C@H]2CN(Cc3ccccn3)C[C@H]2C1. The lowest BCUT2D eigenvalue weighted by molar-refractivity contribution is -0.131. The number of aromatic nitrogens is 1. The van der Waals surface area contributed by atoms with Crippen molar-refractivity contribution in [2.24, 2.45) is 17.8 Å². The molecule has 1 saturated carbocycles. The maximum Gasteiger partial charge on any atom is 0.225 e. The highest BCUT2D eigenvalue weighted by atomic mass is 16.2. The van der Waals surface area contributed by atoms with Crippen LogP contribution in [0.3, 0.4) is 0 Å². The molecule has 0 bridgehead atoms. The first-order valence-corrected chi connectivity index (χ1v) is 7.70. The first kappa shape index (κ1) is 12.3. The van der Waals surface area contributed by atoms with E-state index in [2.05, 4.69) is 26.9 Å². The Kier molecular flexibility index (Phi) is 2.99. The molecule has 106 valence electrons. The molecule has 4 rings (SSSR count). The van der Waals surface area contributed by atoms with Crippen molar-refractivity contribution in [1.82, 2.24) is 14.8 Å². The Morgan fingerprint density at radius 2 is 1.90 bits per heavy atom. The van der Waals surface area contributed by atoms with Crippen LogP contribution in [-0.2, 0) is 11.3 Å². The van der Waals surface area contributed by atoms with Crippen LogP contribution in [-0.4, -0.2) is 46.9 Å². The number of amides is 1. The second-order valence-electron chi connectivity index (χ2n) is 6.55. The third-order valence-electron chi connectivity index (χ3n) is 4.91. The average Bonchev–Trinajstić information content (AvgIpc) is 3.13. The molecule has 20 heavy (non-hydrogen) atoms.